The second kappa shape index (κ2) is 7.33. The van der Waals surface area contributed by atoms with Crippen molar-refractivity contribution >= 4 is 41.3 Å². The lowest BCUT2D eigenvalue weighted by atomic mass is 10.2. The van der Waals surface area contributed by atoms with Gasteiger partial charge in [-0.15, -0.1) is 5.10 Å². The highest BCUT2D eigenvalue weighted by Gasteiger charge is 2.16. The van der Waals surface area contributed by atoms with E-state index in [-0.39, 0.29) is 0 Å². The first-order valence-electron chi connectivity index (χ1n) is 7.04. The molecule has 3 rings (SSSR count). The fourth-order valence-electron chi connectivity index (χ4n) is 2.11. The number of thioether (sulfide) groups is 1. The molecule has 124 valence electrons. The van der Waals surface area contributed by atoms with Gasteiger partial charge in [0.25, 0.3) is 0 Å². The molecule has 0 aliphatic carbocycles. The summed E-state index contributed by atoms with van der Waals surface area (Å²) >= 11 is 8.35. The second-order valence-electron chi connectivity index (χ2n) is 4.84. The van der Waals surface area contributed by atoms with Crippen molar-refractivity contribution in [2.24, 2.45) is 0 Å². The minimum atomic E-state index is -0.392. The molecular weight excluding hydrogens is 364 g/mol. The highest BCUT2D eigenvalue weighted by Crippen LogP contribution is 2.28. The summed E-state index contributed by atoms with van der Waals surface area (Å²) in [5.74, 6) is 1.43. The quantitative estimate of drug-likeness (QED) is 0.366. The monoisotopic (exact) mass is 378 g/mol. The van der Waals surface area contributed by atoms with Crippen molar-refractivity contribution in [3.63, 3.8) is 0 Å². The van der Waals surface area contributed by atoms with E-state index in [2.05, 4.69) is 5.10 Å². The molecule has 2 aromatic heterocycles. The van der Waals surface area contributed by atoms with Gasteiger partial charge in [0.05, 0.1) is 18.6 Å². The van der Waals surface area contributed by atoms with Gasteiger partial charge in [0.2, 0.25) is 0 Å². The van der Waals surface area contributed by atoms with Gasteiger partial charge in [-0.3, -0.25) is 0 Å². The van der Waals surface area contributed by atoms with Gasteiger partial charge in [-0.1, -0.05) is 41.3 Å². The summed E-state index contributed by atoms with van der Waals surface area (Å²) in [6.45, 7) is 1.74. The maximum Gasteiger partial charge on any atom is 0.341 e. The van der Waals surface area contributed by atoms with Crippen LogP contribution in [0.1, 0.15) is 21.9 Å². The molecule has 24 heavy (non-hydrogen) atoms. The lowest BCUT2D eigenvalue weighted by Crippen LogP contribution is -2.00. The molecule has 0 aliphatic heterocycles. The van der Waals surface area contributed by atoms with E-state index in [1.807, 2.05) is 30.3 Å². The first-order valence-corrected chi connectivity index (χ1v) is 9.25. The van der Waals surface area contributed by atoms with Crippen LogP contribution in [-0.4, -0.2) is 22.9 Å². The SMILES string of the molecule is COC(=O)c1cc(CSc2nn(-c3ccccc3)c(=S)s2)oc1C. The number of nitrogens with zero attached hydrogens (tertiary/aromatic N) is 2. The fraction of sp³-hybridized carbons (Fsp3) is 0.188. The van der Waals surface area contributed by atoms with Crippen LogP contribution in [0.3, 0.4) is 0 Å². The number of para-hydroxylation sites is 1. The summed E-state index contributed by atoms with van der Waals surface area (Å²) in [5, 5.41) is 4.54. The molecule has 0 amide bonds. The normalized spacial score (nSPS) is 10.8. The number of carbonyl (C=O) groups excluding carboxylic acids is 1. The van der Waals surface area contributed by atoms with E-state index >= 15 is 0 Å². The Morgan fingerprint density at radius 1 is 1.42 bits per heavy atom. The average molecular weight is 379 g/mol. The Morgan fingerprint density at radius 2 is 2.17 bits per heavy atom. The molecule has 8 heteroatoms. The molecule has 5 nitrogen and oxygen atoms in total. The number of aryl methyl sites for hydroxylation is 1. The predicted molar refractivity (Wildman–Crippen MR) is 96.6 cm³/mol. The minimum absolute atomic E-state index is 0.392. The van der Waals surface area contributed by atoms with Crippen molar-refractivity contribution in [3.05, 3.63) is 57.4 Å². The largest absolute Gasteiger partial charge is 0.465 e. The Kier molecular flexibility index (Phi) is 5.17. The molecule has 0 fully saturated rings. The van der Waals surface area contributed by atoms with Crippen LogP contribution < -0.4 is 0 Å². The summed E-state index contributed by atoms with van der Waals surface area (Å²) in [6.07, 6.45) is 0. The van der Waals surface area contributed by atoms with Crippen molar-refractivity contribution in [2.75, 3.05) is 7.11 Å². The second-order valence-corrected chi connectivity index (χ2v) is 7.69. The first kappa shape index (κ1) is 16.9. The van der Waals surface area contributed by atoms with Crippen molar-refractivity contribution in [2.45, 2.75) is 17.0 Å². The Hall–Kier alpha value is -1.90. The number of carbonyl (C=O) groups is 1. The zero-order valence-electron chi connectivity index (χ0n) is 13.0. The van der Waals surface area contributed by atoms with Crippen LogP contribution in [0.25, 0.3) is 5.69 Å². The molecule has 0 saturated heterocycles. The highest BCUT2D eigenvalue weighted by molar-refractivity contribution is 8.00. The third-order valence-corrected chi connectivity index (χ3v) is 5.63. The first-order chi connectivity index (χ1) is 11.6. The Morgan fingerprint density at radius 3 is 2.88 bits per heavy atom. The van der Waals surface area contributed by atoms with Crippen LogP contribution in [-0.2, 0) is 10.5 Å². The lowest BCUT2D eigenvalue weighted by molar-refractivity contribution is 0.0599. The van der Waals surface area contributed by atoms with Crippen molar-refractivity contribution in [1.82, 2.24) is 9.78 Å². The van der Waals surface area contributed by atoms with Gasteiger partial charge in [-0.05, 0) is 37.3 Å². The third-order valence-electron chi connectivity index (χ3n) is 3.24. The molecule has 0 unspecified atom stereocenters. The number of rotatable bonds is 5. The topological polar surface area (TPSA) is 57.3 Å². The van der Waals surface area contributed by atoms with E-state index < -0.39 is 5.97 Å². The standard InChI is InChI=1S/C16H14N2O3S3/c1-10-13(14(19)20-2)8-12(21-10)9-23-15-17-18(16(22)24-15)11-6-4-3-5-7-11/h3-8H,9H2,1-2H3. The summed E-state index contributed by atoms with van der Waals surface area (Å²) in [4.78, 5) is 11.6. The van der Waals surface area contributed by atoms with E-state index in [1.54, 1.807) is 17.7 Å². The maximum absolute atomic E-state index is 11.6. The molecule has 0 N–H and O–H groups in total. The maximum atomic E-state index is 11.6. The van der Waals surface area contributed by atoms with Crippen LogP contribution in [0, 0.1) is 10.9 Å². The van der Waals surface area contributed by atoms with E-state index in [0.717, 1.165) is 10.0 Å². The molecule has 0 saturated carbocycles. The Balaban J connectivity index is 1.74. The van der Waals surface area contributed by atoms with E-state index in [4.69, 9.17) is 21.4 Å². The smallest absolute Gasteiger partial charge is 0.341 e. The van der Waals surface area contributed by atoms with Crippen LogP contribution in [0.2, 0.25) is 0 Å². The number of ether oxygens (including phenoxy) is 1. The van der Waals surface area contributed by atoms with Crippen molar-refractivity contribution in [1.29, 1.82) is 0 Å². The fourth-order valence-corrected chi connectivity index (χ4v) is 4.35. The number of esters is 1. The number of hydrogen-bond acceptors (Lipinski definition) is 7. The van der Waals surface area contributed by atoms with Crippen LogP contribution in [0.15, 0.2) is 45.2 Å². The Labute approximate surface area is 152 Å². The lowest BCUT2D eigenvalue weighted by Gasteiger charge is -1.98. The zero-order chi connectivity index (χ0) is 17.1. The zero-order valence-corrected chi connectivity index (χ0v) is 15.5. The average Bonchev–Trinajstić information content (AvgIpc) is 3.15. The number of benzene rings is 1. The summed E-state index contributed by atoms with van der Waals surface area (Å²) in [7, 11) is 1.35. The number of methoxy groups -OCH3 is 1. The molecule has 0 bridgehead atoms. The summed E-state index contributed by atoms with van der Waals surface area (Å²) < 4.78 is 13.6. The number of hydrogen-bond donors (Lipinski definition) is 0. The third kappa shape index (κ3) is 3.61. The molecular formula is C16H14N2O3S3. The molecule has 2 heterocycles. The van der Waals surface area contributed by atoms with E-state index in [0.29, 0.717) is 26.8 Å². The number of furan rings is 1. The molecule has 1 aromatic carbocycles. The van der Waals surface area contributed by atoms with Crippen LogP contribution >= 0.6 is 35.3 Å². The van der Waals surface area contributed by atoms with Crippen LogP contribution in [0.5, 0.6) is 0 Å². The molecule has 0 aliphatic rings. The number of aromatic nitrogens is 2. The van der Waals surface area contributed by atoms with Gasteiger partial charge in [-0.25, -0.2) is 9.48 Å². The van der Waals surface area contributed by atoms with Gasteiger partial charge in [-0.2, -0.15) is 0 Å². The summed E-state index contributed by atoms with van der Waals surface area (Å²) in [6, 6.07) is 11.5. The molecule has 0 atom stereocenters. The van der Waals surface area contributed by atoms with E-state index in [9.17, 15) is 4.79 Å². The van der Waals surface area contributed by atoms with Gasteiger partial charge in [0.1, 0.15) is 17.1 Å². The molecule has 0 radical (unpaired) electrons. The van der Waals surface area contributed by atoms with Gasteiger partial charge in [0.15, 0.2) is 8.29 Å². The predicted octanol–water partition coefficient (Wildman–Crippen LogP) is 4.64. The van der Waals surface area contributed by atoms with Crippen molar-refractivity contribution in [3.8, 4) is 5.69 Å². The van der Waals surface area contributed by atoms with Gasteiger partial charge in [0, 0.05) is 0 Å². The van der Waals surface area contributed by atoms with Gasteiger partial charge < -0.3 is 9.15 Å². The molecule has 0 spiro atoms. The van der Waals surface area contributed by atoms with Gasteiger partial charge >= 0.3 is 5.97 Å². The minimum Gasteiger partial charge on any atom is -0.465 e. The van der Waals surface area contributed by atoms with E-state index in [1.165, 1.54) is 30.2 Å². The summed E-state index contributed by atoms with van der Waals surface area (Å²) in [5.41, 5.74) is 1.39. The van der Waals surface area contributed by atoms with Crippen LogP contribution in [0.4, 0.5) is 0 Å². The highest BCUT2D eigenvalue weighted by atomic mass is 32.2. The van der Waals surface area contributed by atoms with Crippen molar-refractivity contribution < 1.29 is 13.9 Å². The Bertz CT molecular complexity index is 912. The molecule has 3 aromatic rings.